The van der Waals surface area contributed by atoms with Gasteiger partial charge in [-0.1, -0.05) is 0 Å². The Morgan fingerprint density at radius 1 is 1.26 bits per heavy atom. The minimum atomic E-state index is -4.58. The lowest BCUT2D eigenvalue weighted by molar-refractivity contribution is -0.162. The largest absolute Gasteiger partial charge is 0.490 e. The molecular weight excluding hydrogens is 602 g/mol. The Labute approximate surface area is 148 Å². The summed E-state index contributed by atoms with van der Waals surface area (Å²) in [6, 6.07) is 3.60. The highest BCUT2D eigenvalue weighted by Crippen LogP contribution is 2.32. The second-order valence-corrected chi connectivity index (χ2v) is 7.13. The molecule has 0 heterocycles. The first kappa shape index (κ1) is 17.5. The highest BCUT2D eigenvalue weighted by atomic mass is 127. The summed E-state index contributed by atoms with van der Waals surface area (Å²) in [4.78, 5) is 0. The first-order valence-electron chi connectivity index (χ1n) is 4.81. The molecule has 1 aromatic rings. The third kappa shape index (κ3) is 5.06. The van der Waals surface area contributed by atoms with Crippen molar-refractivity contribution in [1.29, 1.82) is 5.41 Å². The number of hydrogen-bond donors (Lipinski definition) is 2. The van der Waals surface area contributed by atoms with E-state index in [1.807, 2.05) is 45.2 Å². The van der Waals surface area contributed by atoms with E-state index in [-0.39, 0.29) is 0 Å². The molecule has 1 unspecified atom stereocenters. The number of nitrogens with two attached hydrogens (primary N) is 1. The molecule has 0 radical (unpaired) electrons. The number of amidine groups is 1. The van der Waals surface area contributed by atoms with Gasteiger partial charge in [0.15, 0.2) is 0 Å². The molecule has 0 saturated carbocycles. The van der Waals surface area contributed by atoms with E-state index in [1.54, 1.807) is 12.1 Å². The molecule has 1 rings (SSSR count). The molecule has 0 fully saturated rings. The number of rotatable bonds is 4. The van der Waals surface area contributed by atoms with E-state index in [2.05, 4.69) is 22.6 Å². The second-order valence-electron chi connectivity index (χ2n) is 3.56. The van der Waals surface area contributed by atoms with Gasteiger partial charge in [0.25, 0.3) is 0 Å². The standard InChI is InChI=1S/C10H8F3I3N2O/c11-10(12,13)5(9(17)18)3-19-8-6(15)1-4(14)2-7(8)16/h1-2,5H,3H2,(H3,17,18). The molecule has 0 bridgehead atoms. The minimum absolute atomic E-state index is 0.386. The summed E-state index contributed by atoms with van der Waals surface area (Å²) in [5.74, 6) is -2.64. The molecule has 0 aliphatic rings. The lowest BCUT2D eigenvalue weighted by Crippen LogP contribution is -2.39. The van der Waals surface area contributed by atoms with Gasteiger partial charge in [-0.05, 0) is 79.9 Å². The molecular formula is C10H8F3I3N2O. The summed E-state index contributed by atoms with van der Waals surface area (Å²) in [5, 5.41) is 6.99. The maximum atomic E-state index is 12.6. The molecule has 1 atom stereocenters. The van der Waals surface area contributed by atoms with Crippen LogP contribution in [0.5, 0.6) is 5.75 Å². The van der Waals surface area contributed by atoms with Crippen molar-refractivity contribution in [2.24, 2.45) is 11.7 Å². The summed E-state index contributed by atoms with van der Waals surface area (Å²) >= 11 is 6.11. The third-order valence-corrected chi connectivity index (χ3v) is 4.35. The van der Waals surface area contributed by atoms with Crippen LogP contribution < -0.4 is 10.5 Å². The monoisotopic (exact) mass is 610 g/mol. The van der Waals surface area contributed by atoms with Crippen LogP contribution in [-0.4, -0.2) is 18.6 Å². The summed E-state index contributed by atoms with van der Waals surface area (Å²) in [7, 11) is 0. The highest BCUT2D eigenvalue weighted by molar-refractivity contribution is 14.1. The Bertz CT molecular complexity index is 470. The van der Waals surface area contributed by atoms with Gasteiger partial charge in [0, 0.05) is 3.57 Å². The van der Waals surface area contributed by atoms with Crippen molar-refractivity contribution >= 4 is 73.6 Å². The fourth-order valence-electron chi connectivity index (χ4n) is 1.19. The Balaban J connectivity index is 2.90. The number of hydrogen-bond acceptors (Lipinski definition) is 2. The predicted molar refractivity (Wildman–Crippen MR) is 91.5 cm³/mol. The molecule has 3 N–H and O–H groups in total. The molecule has 0 aliphatic heterocycles. The number of halogens is 6. The lowest BCUT2D eigenvalue weighted by atomic mass is 10.1. The molecule has 3 nitrogen and oxygen atoms in total. The van der Waals surface area contributed by atoms with E-state index in [1.165, 1.54) is 0 Å². The van der Waals surface area contributed by atoms with Gasteiger partial charge in [-0.15, -0.1) is 0 Å². The molecule has 1 aromatic carbocycles. The average Bonchev–Trinajstić information content (AvgIpc) is 2.18. The van der Waals surface area contributed by atoms with Gasteiger partial charge < -0.3 is 10.5 Å². The molecule has 0 saturated heterocycles. The second kappa shape index (κ2) is 6.95. The van der Waals surface area contributed by atoms with E-state index in [0.29, 0.717) is 5.75 Å². The molecule has 0 amide bonds. The predicted octanol–water partition coefficient (Wildman–Crippen LogP) is 3.99. The number of nitrogens with one attached hydrogen (secondary N) is 1. The molecule has 19 heavy (non-hydrogen) atoms. The quantitative estimate of drug-likeness (QED) is 0.308. The molecule has 0 spiro atoms. The Morgan fingerprint density at radius 2 is 1.74 bits per heavy atom. The van der Waals surface area contributed by atoms with Crippen molar-refractivity contribution in [1.82, 2.24) is 0 Å². The topological polar surface area (TPSA) is 59.1 Å². The Morgan fingerprint density at radius 3 is 2.11 bits per heavy atom. The number of ether oxygens (including phenoxy) is 1. The van der Waals surface area contributed by atoms with Crippen LogP contribution in [0.2, 0.25) is 0 Å². The van der Waals surface area contributed by atoms with Gasteiger partial charge in [-0.25, -0.2) is 0 Å². The van der Waals surface area contributed by atoms with E-state index >= 15 is 0 Å². The third-order valence-electron chi connectivity index (χ3n) is 2.13. The smallest absolute Gasteiger partial charge is 0.401 e. The van der Waals surface area contributed by atoms with Crippen LogP contribution in [0.25, 0.3) is 0 Å². The molecule has 106 valence electrons. The van der Waals surface area contributed by atoms with Gasteiger partial charge in [0.05, 0.1) is 7.14 Å². The SMILES string of the molecule is N=C(N)C(COc1c(I)cc(I)cc1I)C(F)(F)F. The van der Waals surface area contributed by atoms with Crippen molar-refractivity contribution in [3.63, 3.8) is 0 Å². The van der Waals surface area contributed by atoms with Crippen LogP contribution in [-0.2, 0) is 0 Å². The first-order chi connectivity index (χ1) is 8.62. The van der Waals surface area contributed by atoms with E-state index in [9.17, 15) is 13.2 Å². The Hall–Kier alpha value is 0.470. The van der Waals surface area contributed by atoms with Gasteiger partial charge in [0.1, 0.15) is 24.1 Å². The van der Waals surface area contributed by atoms with Crippen LogP contribution in [0.4, 0.5) is 13.2 Å². The Kier molecular flexibility index (Phi) is 6.41. The van der Waals surface area contributed by atoms with Gasteiger partial charge in [-0.2, -0.15) is 13.2 Å². The number of benzene rings is 1. The number of alkyl halides is 3. The maximum Gasteiger partial charge on any atom is 0.401 e. The minimum Gasteiger partial charge on any atom is -0.490 e. The van der Waals surface area contributed by atoms with E-state index in [0.717, 1.165) is 10.7 Å². The molecule has 0 aromatic heterocycles. The zero-order chi connectivity index (χ0) is 14.8. The summed E-state index contributed by atoms with van der Waals surface area (Å²) in [6.45, 7) is -0.689. The van der Waals surface area contributed by atoms with Gasteiger partial charge in [0.2, 0.25) is 0 Å². The van der Waals surface area contributed by atoms with Crippen LogP contribution in [0.1, 0.15) is 0 Å². The van der Waals surface area contributed by atoms with Crippen LogP contribution in [0.15, 0.2) is 12.1 Å². The van der Waals surface area contributed by atoms with Crippen LogP contribution >= 0.6 is 67.8 Å². The summed E-state index contributed by atoms with van der Waals surface area (Å²) in [6.07, 6.45) is -4.58. The zero-order valence-electron chi connectivity index (χ0n) is 9.19. The van der Waals surface area contributed by atoms with Crippen molar-refractivity contribution in [3.8, 4) is 5.75 Å². The van der Waals surface area contributed by atoms with Crippen LogP contribution in [0, 0.1) is 22.0 Å². The van der Waals surface area contributed by atoms with E-state index < -0.39 is 24.5 Å². The van der Waals surface area contributed by atoms with Crippen LogP contribution in [0.3, 0.4) is 0 Å². The zero-order valence-corrected chi connectivity index (χ0v) is 15.7. The van der Waals surface area contributed by atoms with Gasteiger partial charge in [-0.3, -0.25) is 5.41 Å². The first-order valence-corrected chi connectivity index (χ1v) is 8.04. The molecule has 0 aliphatic carbocycles. The van der Waals surface area contributed by atoms with Crippen molar-refractivity contribution < 1.29 is 17.9 Å². The normalized spacial score (nSPS) is 13.2. The van der Waals surface area contributed by atoms with Crippen molar-refractivity contribution in [2.45, 2.75) is 6.18 Å². The summed E-state index contributed by atoms with van der Waals surface area (Å²) in [5.41, 5.74) is 4.97. The van der Waals surface area contributed by atoms with Crippen molar-refractivity contribution in [3.05, 3.63) is 22.8 Å². The van der Waals surface area contributed by atoms with Crippen molar-refractivity contribution in [2.75, 3.05) is 6.61 Å². The fourth-order valence-corrected chi connectivity index (χ4v) is 5.09. The maximum absolute atomic E-state index is 12.6. The summed E-state index contributed by atoms with van der Waals surface area (Å²) < 4.78 is 45.5. The van der Waals surface area contributed by atoms with E-state index in [4.69, 9.17) is 15.9 Å². The average molecular weight is 610 g/mol. The fraction of sp³-hybridized carbons (Fsp3) is 0.300. The lowest BCUT2D eigenvalue weighted by Gasteiger charge is -2.20. The van der Waals surface area contributed by atoms with Gasteiger partial charge >= 0.3 is 6.18 Å². The highest BCUT2D eigenvalue weighted by Gasteiger charge is 2.42. The molecule has 9 heteroatoms.